The molecule has 0 aliphatic heterocycles. The third kappa shape index (κ3) is 10.6. The van der Waals surface area contributed by atoms with E-state index in [1.165, 1.54) is 30.6 Å². The number of allylic oxidation sites excluding steroid dienone is 2. The van der Waals surface area contributed by atoms with Crippen molar-refractivity contribution in [1.82, 2.24) is 4.98 Å². The van der Waals surface area contributed by atoms with E-state index < -0.39 is 0 Å². The molecule has 1 aromatic carbocycles. The molecule has 40 heavy (non-hydrogen) atoms. The van der Waals surface area contributed by atoms with Crippen molar-refractivity contribution in [1.29, 1.82) is 0 Å². The van der Waals surface area contributed by atoms with Gasteiger partial charge in [-0.3, -0.25) is 0 Å². The number of hydrogen-bond acceptors (Lipinski definition) is 8. The fourth-order valence-electron chi connectivity index (χ4n) is 4.33. The van der Waals surface area contributed by atoms with Crippen LogP contribution >= 0.6 is 11.3 Å². The summed E-state index contributed by atoms with van der Waals surface area (Å²) in [5, 5.41) is 2.84. The summed E-state index contributed by atoms with van der Waals surface area (Å²) in [6.07, 6.45) is 15.0. The summed E-state index contributed by atoms with van der Waals surface area (Å²) >= 11 is 1.54. The number of carbonyl (C=O) groups is 2. The molecule has 1 atom stereocenters. The summed E-state index contributed by atoms with van der Waals surface area (Å²) in [6.45, 7) is 6.29. The summed E-state index contributed by atoms with van der Waals surface area (Å²) in [6, 6.07) is 9.61. The third-order valence-corrected chi connectivity index (χ3v) is 7.48. The zero-order valence-corrected chi connectivity index (χ0v) is 24.5. The summed E-state index contributed by atoms with van der Waals surface area (Å²) in [4.78, 5) is 26.6. The standard InChI is InChI=1S/C25H28N2O4S.C7H12O/c1-4-30-25(28)18(3)11-17(2)12-21-16-32-24(27-21)23(26)13-19-5-7-22(8-6-19)31-15-20-9-10-29-14-20;8-6-7-4-2-1-3-5-7/h5-12,14,16,23H,4,13,15,26H2,1-3H3;6-7H,1-5H2/b17-12+,18-11-;. The Hall–Kier alpha value is -3.49. The van der Waals surface area contributed by atoms with Gasteiger partial charge in [-0.15, -0.1) is 11.3 Å². The van der Waals surface area contributed by atoms with Crippen LogP contribution in [0.1, 0.15) is 80.7 Å². The molecule has 1 unspecified atom stereocenters. The Balaban J connectivity index is 0.000000472. The van der Waals surface area contributed by atoms with Crippen molar-refractivity contribution in [3.05, 3.63) is 87.3 Å². The first-order chi connectivity index (χ1) is 19.4. The van der Waals surface area contributed by atoms with Crippen LogP contribution in [-0.2, 0) is 27.4 Å². The highest BCUT2D eigenvalue weighted by atomic mass is 32.1. The van der Waals surface area contributed by atoms with Gasteiger partial charge in [0.15, 0.2) is 0 Å². The first-order valence-corrected chi connectivity index (χ1v) is 14.7. The van der Waals surface area contributed by atoms with Gasteiger partial charge in [-0.2, -0.15) is 0 Å². The number of aldehydes is 1. The minimum absolute atomic E-state index is 0.197. The molecular weight excluding hydrogens is 524 g/mol. The van der Waals surface area contributed by atoms with Crippen molar-refractivity contribution in [3.63, 3.8) is 0 Å². The summed E-state index contributed by atoms with van der Waals surface area (Å²) < 4.78 is 15.8. The Morgan fingerprint density at radius 1 is 1.15 bits per heavy atom. The molecular formula is C32H40N2O5S. The highest BCUT2D eigenvalue weighted by Crippen LogP contribution is 2.24. The van der Waals surface area contributed by atoms with E-state index in [0.717, 1.165) is 52.3 Å². The monoisotopic (exact) mass is 564 g/mol. The maximum absolute atomic E-state index is 11.7. The predicted molar refractivity (Wildman–Crippen MR) is 159 cm³/mol. The fourth-order valence-corrected chi connectivity index (χ4v) is 5.11. The van der Waals surface area contributed by atoms with E-state index in [4.69, 9.17) is 19.6 Å². The Morgan fingerprint density at radius 3 is 2.52 bits per heavy atom. The number of nitrogens with zero attached hydrogens (tertiary/aromatic N) is 1. The molecule has 0 bridgehead atoms. The van der Waals surface area contributed by atoms with E-state index in [2.05, 4.69) is 4.98 Å². The number of hydrogen-bond donors (Lipinski definition) is 1. The van der Waals surface area contributed by atoms with Gasteiger partial charge in [0.05, 0.1) is 30.9 Å². The average molecular weight is 565 g/mol. The second-order valence-corrected chi connectivity index (χ2v) is 10.8. The summed E-state index contributed by atoms with van der Waals surface area (Å²) in [5.41, 5.74) is 10.8. The Labute approximate surface area is 241 Å². The van der Waals surface area contributed by atoms with E-state index in [-0.39, 0.29) is 12.0 Å². The molecule has 1 saturated carbocycles. The van der Waals surface area contributed by atoms with Crippen LogP contribution in [0, 0.1) is 5.92 Å². The van der Waals surface area contributed by atoms with Gasteiger partial charge >= 0.3 is 5.97 Å². The molecule has 0 spiro atoms. The van der Waals surface area contributed by atoms with Crippen LogP contribution < -0.4 is 10.5 Å². The minimum atomic E-state index is -0.306. The maximum Gasteiger partial charge on any atom is 0.333 e. The zero-order valence-electron chi connectivity index (χ0n) is 23.6. The largest absolute Gasteiger partial charge is 0.489 e. The maximum atomic E-state index is 11.7. The molecule has 1 aliphatic carbocycles. The smallest absolute Gasteiger partial charge is 0.333 e. The molecule has 7 nitrogen and oxygen atoms in total. The van der Waals surface area contributed by atoms with Gasteiger partial charge in [-0.1, -0.05) is 31.4 Å². The fraction of sp³-hybridized carbons (Fsp3) is 0.406. The SMILES string of the molecule is CCOC(=O)/C(C)=C\C(C)=C\c1csc(C(N)Cc2ccc(OCc3ccoc3)cc2)n1.O=CC1CCCCC1. The van der Waals surface area contributed by atoms with Gasteiger partial charge in [0, 0.05) is 22.4 Å². The van der Waals surface area contributed by atoms with Crippen LogP contribution in [0.3, 0.4) is 0 Å². The second-order valence-electron chi connectivity index (χ2n) is 9.96. The Morgan fingerprint density at radius 2 is 1.90 bits per heavy atom. The molecule has 214 valence electrons. The Kier molecular flexibility index (Phi) is 12.9. The first kappa shape index (κ1) is 31.0. The molecule has 4 rings (SSSR count). The van der Waals surface area contributed by atoms with Gasteiger partial charge in [0.2, 0.25) is 0 Å². The van der Waals surface area contributed by atoms with Crippen molar-refractivity contribution in [3.8, 4) is 5.75 Å². The highest BCUT2D eigenvalue weighted by Gasteiger charge is 2.13. The molecule has 0 saturated heterocycles. The van der Waals surface area contributed by atoms with E-state index >= 15 is 0 Å². The Bertz CT molecular complexity index is 1240. The number of benzene rings is 1. The van der Waals surface area contributed by atoms with Crippen LogP contribution in [0.15, 0.2) is 69.9 Å². The van der Waals surface area contributed by atoms with E-state index in [1.54, 1.807) is 32.4 Å². The van der Waals surface area contributed by atoms with E-state index in [9.17, 15) is 9.59 Å². The van der Waals surface area contributed by atoms with Crippen molar-refractivity contribution in [2.24, 2.45) is 11.7 Å². The molecule has 1 aliphatic rings. The van der Waals surface area contributed by atoms with Crippen molar-refractivity contribution in [2.45, 2.75) is 71.9 Å². The lowest BCUT2D eigenvalue weighted by molar-refractivity contribution is -0.138. The number of nitrogens with two attached hydrogens (primary N) is 1. The molecule has 3 aromatic rings. The van der Waals surface area contributed by atoms with Gasteiger partial charge < -0.3 is 24.4 Å². The summed E-state index contributed by atoms with van der Waals surface area (Å²) in [5.74, 6) is 0.898. The van der Waals surface area contributed by atoms with Crippen LogP contribution in [0.2, 0.25) is 0 Å². The van der Waals surface area contributed by atoms with Crippen LogP contribution in [0.5, 0.6) is 5.75 Å². The molecule has 8 heteroatoms. The van der Waals surface area contributed by atoms with Crippen molar-refractivity contribution >= 4 is 29.7 Å². The number of aromatic nitrogens is 1. The lowest BCUT2D eigenvalue weighted by Crippen LogP contribution is -2.13. The van der Waals surface area contributed by atoms with Crippen LogP contribution in [0.4, 0.5) is 0 Å². The molecule has 2 heterocycles. The van der Waals surface area contributed by atoms with E-state index in [0.29, 0.717) is 31.1 Å². The molecule has 2 aromatic heterocycles. The van der Waals surface area contributed by atoms with Gasteiger partial charge in [-0.25, -0.2) is 9.78 Å². The number of esters is 1. The van der Waals surface area contributed by atoms with Crippen LogP contribution in [-0.4, -0.2) is 23.8 Å². The first-order valence-electron chi connectivity index (χ1n) is 13.8. The van der Waals surface area contributed by atoms with Gasteiger partial charge in [-0.05, 0) is 81.5 Å². The highest BCUT2D eigenvalue weighted by molar-refractivity contribution is 7.09. The van der Waals surface area contributed by atoms with Gasteiger partial charge in [0.25, 0.3) is 0 Å². The molecule has 0 amide bonds. The number of thiazole rings is 1. The lowest BCUT2D eigenvalue weighted by Gasteiger charge is -2.14. The second kappa shape index (κ2) is 16.6. The molecule has 0 radical (unpaired) electrons. The number of furan rings is 1. The average Bonchev–Trinajstić information content (AvgIpc) is 3.66. The topological polar surface area (TPSA) is 105 Å². The third-order valence-electron chi connectivity index (χ3n) is 6.48. The van der Waals surface area contributed by atoms with Gasteiger partial charge in [0.1, 0.15) is 23.7 Å². The number of rotatable bonds is 11. The summed E-state index contributed by atoms with van der Waals surface area (Å²) in [7, 11) is 0. The minimum Gasteiger partial charge on any atom is -0.489 e. The zero-order chi connectivity index (χ0) is 28.7. The van der Waals surface area contributed by atoms with Crippen molar-refractivity contribution in [2.75, 3.05) is 6.61 Å². The normalized spacial score (nSPS) is 15.1. The molecule has 2 N–H and O–H groups in total. The molecule has 1 fully saturated rings. The number of carbonyl (C=O) groups excluding carboxylic acids is 2. The number of ether oxygens (including phenoxy) is 2. The van der Waals surface area contributed by atoms with Crippen LogP contribution in [0.25, 0.3) is 6.08 Å². The predicted octanol–water partition coefficient (Wildman–Crippen LogP) is 7.24. The quantitative estimate of drug-likeness (QED) is 0.113. The lowest BCUT2D eigenvalue weighted by atomic mass is 9.91. The van der Waals surface area contributed by atoms with E-state index in [1.807, 2.05) is 48.7 Å². The van der Waals surface area contributed by atoms with Crippen molar-refractivity contribution < 1.29 is 23.5 Å².